The molecule has 0 saturated carbocycles. The van der Waals surface area contributed by atoms with Gasteiger partial charge in [0.25, 0.3) is 0 Å². The third kappa shape index (κ3) is 4.62. The molecule has 0 aliphatic heterocycles. The molecule has 1 aromatic heterocycles. The lowest BCUT2D eigenvalue weighted by Crippen LogP contribution is -1.99. The summed E-state index contributed by atoms with van der Waals surface area (Å²) >= 11 is 0. The zero-order chi connectivity index (χ0) is 30.3. The SMILES string of the molecule is CCC(C)c1ccc2c(-c3ccccc3)c3cc(-n4c(-c5ccccc5)nc5ccccc54)ccc3c(-c3ccccc3)c2c1. The van der Waals surface area contributed by atoms with Crippen LogP contribution in [0.25, 0.3) is 71.9 Å². The molecule has 1 heterocycles. The van der Waals surface area contributed by atoms with Gasteiger partial charge in [0.15, 0.2) is 0 Å². The summed E-state index contributed by atoms with van der Waals surface area (Å²) < 4.78 is 2.32. The van der Waals surface area contributed by atoms with Gasteiger partial charge in [-0.1, -0.05) is 141 Å². The zero-order valence-electron chi connectivity index (χ0n) is 25.6. The molecule has 2 heteroatoms. The highest BCUT2D eigenvalue weighted by atomic mass is 15.1. The topological polar surface area (TPSA) is 17.8 Å². The lowest BCUT2D eigenvalue weighted by molar-refractivity contribution is 0.735. The molecule has 1 atom stereocenters. The Labute approximate surface area is 264 Å². The number of fused-ring (bicyclic) bond motifs is 3. The van der Waals surface area contributed by atoms with Gasteiger partial charge in [0.05, 0.1) is 11.0 Å². The molecule has 0 aliphatic rings. The minimum atomic E-state index is 0.488. The maximum Gasteiger partial charge on any atom is 0.145 e. The van der Waals surface area contributed by atoms with Crippen molar-refractivity contribution in [3.05, 3.63) is 157 Å². The first-order valence-corrected chi connectivity index (χ1v) is 15.9. The molecule has 0 fully saturated rings. The Balaban J connectivity index is 1.52. The summed E-state index contributed by atoms with van der Waals surface area (Å²) in [5, 5.41) is 5.06. The van der Waals surface area contributed by atoms with E-state index < -0.39 is 0 Å². The fourth-order valence-electron chi connectivity index (χ4n) is 6.82. The Kier molecular flexibility index (Phi) is 6.76. The number of aromatic nitrogens is 2. The fraction of sp³-hybridized carbons (Fsp3) is 0.0930. The van der Waals surface area contributed by atoms with Gasteiger partial charge in [-0.3, -0.25) is 4.57 Å². The number of rotatable bonds is 6. The molecule has 0 saturated heterocycles. The van der Waals surface area contributed by atoms with E-state index in [9.17, 15) is 0 Å². The second kappa shape index (κ2) is 11.2. The average molecular weight is 579 g/mol. The molecule has 1 unspecified atom stereocenters. The Morgan fingerprint density at radius 3 is 1.69 bits per heavy atom. The van der Waals surface area contributed by atoms with Crippen LogP contribution in [0, 0.1) is 0 Å². The fourth-order valence-corrected chi connectivity index (χ4v) is 6.82. The molecule has 7 aromatic carbocycles. The van der Waals surface area contributed by atoms with Crippen LogP contribution in [0.3, 0.4) is 0 Å². The smallest absolute Gasteiger partial charge is 0.145 e. The predicted octanol–water partition coefficient (Wildman–Crippen LogP) is 11.8. The second-order valence-electron chi connectivity index (χ2n) is 12.0. The lowest BCUT2D eigenvalue weighted by atomic mass is 9.84. The van der Waals surface area contributed by atoms with Gasteiger partial charge in [-0.25, -0.2) is 4.98 Å². The van der Waals surface area contributed by atoms with Gasteiger partial charge in [0.1, 0.15) is 5.82 Å². The first-order chi connectivity index (χ1) is 22.2. The first kappa shape index (κ1) is 27.1. The van der Waals surface area contributed by atoms with Gasteiger partial charge in [-0.15, -0.1) is 0 Å². The van der Waals surface area contributed by atoms with Crippen LogP contribution in [0.5, 0.6) is 0 Å². The molecule has 0 aliphatic carbocycles. The maximum atomic E-state index is 5.13. The third-order valence-corrected chi connectivity index (χ3v) is 9.28. The largest absolute Gasteiger partial charge is 0.292 e. The van der Waals surface area contributed by atoms with Crippen molar-refractivity contribution in [2.75, 3.05) is 0 Å². The van der Waals surface area contributed by atoms with E-state index >= 15 is 0 Å². The normalized spacial score (nSPS) is 12.2. The highest BCUT2D eigenvalue weighted by molar-refractivity contribution is 6.21. The van der Waals surface area contributed by atoms with Gasteiger partial charge < -0.3 is 0 Å². The zero-order valence-corrected chi connectivity index (χ0v) is 25.6. The number of para-hydroxylation sites is 2. The molecule has 0 N–H and O–H groups in total. The van der Waals surface area contributed by atoms with Crippen molar-refractivity contribution in [2.45, 2.75) is 26.2 Å². The van der Waals surface area contributed by atoms with E-state index in [0.29, 0.717) is 5.92 Å². The minimum absolute atomic E-state index is 0.488. The van der Waals surface area contributed by atoms with Crippen molar-refractivity contribution in [3.8, 4) is 39.3 Å². The predicted molar refractivity (Wildman–Crippen MR) is 191 cm³/mol. The Bertz CT molecular complexity index is 2300. The highest BCUT2D eigenvalue weighted by Gasteiger charge is 2.20. The first-order valence-electron chi connectivity index (χ1n) is 15.9. The van der Waals surface area contributed by atoms with Gasteiger partial charge in [0, 0.05) is 11.3 Å². The molecule has 0 radical (unpaired) electrons. The summed E-state index contributed by atoms with van der Waals surface area (Å²) in [4.78, 5) is 5.13. The van der Waals surface area contributed by atoms with Crippen molar-refractivity contribution in [1.29, 1.82) is 0 Å². The standard InChI is InChI=1S/C43H34N2/c1-3-29(2)33-23-25-35-37(27-33)41(30-15-7-4-8-16-30)36-26-24-34(28-38(36)42(35)31-17-9-5-10-18-31)45-40-22-14-13-21-39(40)44-43(45)32-19-11-6-12-20-32/h4-29H,3H2,1-2H3. The van der Waals surface area contributed by atoms with Crippen LogP contribution < -0.4 is 0 Å². The molecular weight excluding hydrogens is 544 g/mol. The summed E-state index contributed by atoms with van der Waals surface area (Å²) in [5.74, 6) is 1.43. The number of nitrogens with zero attached hydrogens (tertiary/aromatic N) is 2. The van der Waals surface area contributed by atoms with Crippen molar-refractivity contribution in [3.63, 3.8) is 0 Å². The van der Waals surface area contributed by atoms with E-state index in [0.717, 1.165) is 34.5 Å². The van der Waals surface area contributed by atoms with E-state index in [1.165, 1.54) is 49.4 Å². The van der Waals surface area contributed by atoms with Crippen molar-refractivity contribution in [1.82, 2.24) is 9.55 Å². The summed E-state index contributed by atoms with van der Waals surface area (Å²) in [7, 11) is 0. The van der Waals surface area contributed by atoms with E-state index in [1.54, 1.807) is 0 Å². The van der Waals surface area contributed by atoms with Crippen LogP contribution in [0.2, 0.25) is 0 Å². The third-order valence-electron chi connectivity index (χ3n) is 9.28. The number of hydrogen-bond acceptors (Lipinski definition) is 1. The number of hydrogen-bond donors (Lipinski definition) is 0. The molecule has 0 spiro atoms. The maximum absolute atomic E-state index is 5.13. The van der Waals surface area contributed by atoms with Gasteiger partial charge >= 0.3 is 0 Å². The molecule has 0 bridgehead atoms. The van der Waals surface area contributed by atoms with Crippen molar-refractivity contribution < 1.29 is 0 Å². The molecule has 8 rings (SSSR count). The van der Waals surface area contributed by atoms with Crippen LogP contribution in [0.15, 0.2) is 152 Å². The number of benzene rings is 7. The molecule has 8 aromatic rings. The average Bonchev–Trinajstić information content (AvgIpc) is 3.50. The molecule has 216 valence electrons. The second-order valence-corrected chi connectivity index (χ2v) is 12.0. The van der Waals surface area contributed by atoms with E-state index in [-0.39, 0.29) is 0 Å². The van der Waals surface area contributed by atoms with Gasteiger partial charge in [0.2, 0.25) is 0 Å². The number of imidazole rings is 1. The van der Waals surface area contributed by atoms with E-state index in [4.69, 9.17) is 4.98 Å². The minimum Gasteiger partial charge on any atom is -0.292 e. The van der Waals surface area contributed by atoms with Crippen LogP contribution in [-0.4, -0.2) is 9.55 Å². The van der Waals surface area contributed by atoms with Gasteiger partial charge in [-0.05, 0) is 86.0 Å². The quantitative estimate of drug-likeness (QED) is 0.179. The van der Waals surface area contributed by atoms with Crippen molar-refractivity contribution >= 4 is 32.6 Å². The monoisotopic (exact) mass is 578 g/mol. The molecule has 2 nitrogen and oxygen atoms in total. The van der Waals surface area contributed by atoms with Crippen LogP contribution >= 0.6 is 0 Å². The lowest BCUT2D eigenvalue weighted by Gasteiger charge is -2.21. The van der Waals surface area contributed by atoms with Crippen molar-refractivity contribution in [2.24, 2.45) is 0 Å². The Morgan fingerprint density at radius 1 is 0.533 bits per heavy atom. The molecule has 0 amide bonds. The Hall–Kier alpha value is -5.47. The summed E-state index contributed by atoms with van der Waals surface area (Å²) in [6.07, 6.45) is 1.11. The highest BCUT2D eigenvalue weighted by Crippen LogP contribution is 2.45. The summed E-state index contributed by atoms with van der Waals surface area (Å²) in [6, 6.07) is 54.8. The van der Waals surface area contributed by atoms with E-state index in [1.807, 2.05) is 0 Å². The Morgan fingerprint density at radius 2 is 1.07 bits per heavy atom. The van der Waals surface area contributed by atoms with Gasteiger partial charge in [-0.2, -0.15) is 0 Å². The summed E-state index contributed by atoms with van der Waals surface area (Å²) in [6.45, 7) is 4.60. The van der Waals surface area contributed by atoms with E-state index in [2.05, 4.69) is 170 Å². The van der Waals surface area contributed by atoms with Crippen LogP contribution in [-0.2, 0) is 0 Å². The molecular formula is C43H34N2. The van der Waals surface area contributed by atoms with Crippen LogP contribution in [0.4, 0.5) is 0 Å². The summed E-state index contributed by atoms with van der Waals surface area (Å²) in [5.41, 5.74) is 10.7. The molecule has 45 heavy (non-hydrogen) atoms. The van der Waals surface area contributed by atoms with Crippen LogP contribution in [0.1, 0.15) is 31.7 Å².